The molecule has 13 rings (SSSR count). The van der Waals surface area contributed by atoms with Crippen LogP contribution in [0.1, 0.15) is 127 Å². The summed E-state index contributed by atoms with van der Waals surface area (Å²) in [4.78, 5) is 68.7. The molecular weight excluding hydrogens is 1640 g/mol. The molecule has 0 radical (unpaired) electrons. The summed E-state index contributed by atoms with van der Waals surface area (Å²) in [7, 11) is 0. The number of carbonyl (C=O) groups excluding carboxylic acids is 4. The second-order valence-corrected chi connectivity index (χ2v) is 37.1. The topological polar surface area (TPSA) is 656 Å². The maximum atomic E-state index is 16.5. The van der Waals surface area contributed by atoms with Crippen LogP contribution < -0.4 is 0 Å². The molecule has 20 N–H and O–H groups in total. The number of esters is 3. The summed E-state index contributed by atoms with van der Waals surface area (Å²) in [6.07, 6.45) is -67.7. The first-order chi connectivity index (χ1) is 57.2. The highest BCUT2D eigenvalue weighted by molar-refractivity contribution is 5.80. The minimum absolute atomic E-state index is 0.000856. The molecule has 0 amide bonds. The summed E-state index contributed by atoms with van der Waals surface area (Å²) in [6, 6.07) is 0. The summed E-state index contributed by atoms with van der Waals surface area (Å²) in [5, 5.41) is 223. The Kier molecular flexibility index (Phi) is 28.7. The van der Waals surface area contributed by atoms with Gasteiger partial charge in [0.15, 0.2) is 62.3 Å². The summed E-state index contributed by atoms with van der Waals surface area (Å²) in [6.45, 7) is 13.4. The predicted molar refractivity (Wildman–Crippen MR) is 394 cm³/mol. The van der Waals surface area contributed by atoms with Crippen molar-refractivity contribution >= 4 is 30.2 Å². The summed E-state index contributed by atoms with van der Waals surface area (Å²) < 4.78 is 109. The van der Waals surface area contributed by atoms with Crippen molar-refractivity contribution in [3.05, 3.63) is 11.6 Å². The molecule has 0 aromatic heterocycles. The van der Waals surface area contributed by atoms with Crippen molar-refractivity contribution in [2.75, 3.05) is 33.0 Å². The van der Waals surface area contributed by atoms with Crippen LogP contribution in [-0.2, 0) is 109 Å². The van der Waals surface area contributed by atoms with Gasteiger partial charge in [-0.15, -0.1) is 0 Å². The standard InChI is InChI=1S/C79H122O43/c1-27-56(115-69-60(44(90)35(86)23-107-69)119-70-59(43(89)34(85)24-108-70)117-65-52(98)42(88)33(84)22-106-65)51(97)55(101)66(109-27)121-63-62(120-68-54(100)48(94)46(92)37(113-68)25-105-29(3)82)57(111-30(4)83)28(2)110-72(63)122-73(104)79-18-17-74(5,6)19-32(79)31-11-12-39-75(7)15-14-41(76(8,26-81)38(75)13-16-77(39,9)78(31,10)20-40(79)87)114-71-61(50(96)49(95)58(116-71)64(102)103)118-67-53(99)47(93)45(91)36(21-80)112-67/h11,26-28,32-63,65-72,80,84-101H,12-25H2,1-10H3,(H,102,103)/t27-,28+,32-,33+,34+,35-,36+,37+,38+,39+,40-,41-,42-,43-,44-,45+,46+,47+,48+,49+,50+,51-,52-,53-,54-,55+,56-,57+,58+,59-,60+,61+,62-,63+,65-,66+,67+,68-,69+,70-,71-,72+,75+,76+,77+,78-,79+/m0/s1. The van der Waals surface area contributed by atoms with Gasteiger partial charge in [-0.25, -0.2) is 4.79 Å². The fourth-order valence-corrected chi connectivity index (χ4v) is 21.9. The van der Waals surface area contributed by atoms with Crippen LogP contribution in [-0.4, -0.2) is 405 Å². The molecule has 5 aliphatic carbocycles. The summed E-state index contributed by atoms with van der Waals surface area (Å²) in [5.74, 6) is -6.15. The van der Waals surface area contributed by atoms with Crippen LogP contribution in [0.5, 0.6) is 0 Å². The molecule has 47 atom stereocenters. The SMILES string of the molecule is CC(=O)OC[C@H]1O[C@@H](O[C@@H]2[C@@H](O[C@H]3O[C@@H](C)[C@H](O[C@H]4OC[C@H](O)[C@H](O)[C@H]4O[C@@H]4OC[C@@H](O)[C@H](O)[C@@H]4O[C@@H]4OC[C@@H](O)[C@H](O)[C@@H]4O)[C@@H](O)[C@H]3O)[C@@H](OC(=O)[C@]34CCC(C)(C)C[C@H]3C3=CC[C@@H]5[C@]6(C)CC[C@H](O[C@H]7O[C@@H](C(=O)O)[C@H](O)[C@@H](O)[C@H]7O[C@H]7O[C@H](CO)[C@@H](O)[C@@H](O)[C@@H]7O)[C@](C)(C=O)[C@@H]6CC[C@@]5(C)[C@@]3(C)C[C@@H]4O)O[C@H](C)[C@H]2OC(C)=O)[C@@H](O)[C@H](O)[C@@H]1O. The number of carboxylic acid groups (broad SMARTS) is 1. The van der Waals surface area contributed by atoms with Crippen LogP contribution >= 0.6 is 0 Å². The summed E-state index contributed by atoms with van der Waals surface area (Å²) >= 11 is 0. The monoisotopic (exact) mass is 1760 g/mol. The van der Waals surface area contributed by atoms with Crippen molar-refractivity contribution < 1.29 is 211 Å². The molecule has 0 aromatic carbocycles. The van der Waals surface area contributed by atoms with Crippen LogP contribution in [0.2, 0.25) is 0 Å². The number of aliphatic carboxylic acids is 1. The maximum Gasteiger partial charge on any atom is 0.335 e. The highest BCUT2D eigenvalue weighted by Crippen LogP contribution is 2.76. The Balaban J connectivity index is 0.791. The van der Waals surface area contributed by atoms with Gasteiger partial charge in [0, 0.05) is 13.8 Å². The molecule has 43 nitrogen and oxygen atoms in total. The van der Waals surface area contributed by atoms with Crippen molar-refractivity contribution in [1.29, 1.82) is 0 Å². The highest BCUT2D eigenvalue weighted by Gasteiger charge is 2.74. The zero-order chi connectivity index (χ0) is 89.2. The lowest BCUT2D eigenvalue weighted by molar-refractivity contribution is -0.398. The van der Waals surface area contributed by atoms with Crippen LogP contribution in [0.4, 0.5) is 0 Å². The van der Waals surface area contributed by atoms with Crippen molar-refractivity contribution in [3.63, 3.8) is 0 Å². The van der Waals surface area contributed by atoms with Crippen LogP contribution in [0.15, 0.2) is 11.6 Å². The molecule has 0 bridgehead atoms. The Morgan fingerprint density at radius 3 is 1.55 bits per heavy atom. The van der Waals surface area contributed by atoms with Gasteiger partial charge in [0.1, 0.15) is 165 Å². The Labute approximate surface area is 700 Å². The number of aliphatic hydroxyl groups is 19. The van der Waals surface area contributed by atoms with Gasteiger partial charge in [-0.1, -0.05) is 53.2 Å². The van der Waals surface area contributed by atoms with E-state index in [4.69, 9.17) is 85.3 Å². The van der Waals surface area contributed by atoms with E-state index in [0.717, 1.165) is 25.7 Å². The van der Waals surface area contributed by atoms with Gasteiger partial charge in [0.2, 0.25) is 6.29 Å². The largest absolute Gasteiger partial charge is 0.479 e. The van der Waals surface area contributed by atoms with E-state index in [1.54, 1.807) is 6.92 Å². The third-order valence-corrected chi connectivity index (χ3v) is 29.1. The molecule has 4 saturated carbocycles. The minimum atomic E-state index is -2.29. The number of aliphatic hydroxyl groups excluding tert-OH is 19. The molecule has 8 aliphatic heterocycles. The molecule has 0 unspecified atom stereocenters. The molecule has 122 heavy (non-hydrogen) atoms. The Hall–Kier alpha value is -4.07. The zero-order valence-corrected chi connectivity index (χ0v) is 69.1. The third-order valence-electron chi connectivity index (χ3n) is 29.1. The first-order valence-corrected chi connectivity index (χ1v) is 41.7. The molecule has 8 heterocycles. The van der Waals surface area contributed by atoms with E-state index in [0.29, 0.717) is 38.5 Å². The van der Waals surface area contributed by atoms with Crippen LogP contribution in [0, 0.1) is 50.2 Å². The average Bonchev–Trinajstić information content (AvgIpc) is 0.668. The molecule has 0 spiro atoms. The van der Waals surface area contributed by atoms with E-state index in [-0.39, 0.29) is 25.2 Å². The fraction of sp³-hybridized carbons (Fsp3) is 0.911. The lowest BCUT2D eigenvalue weighted by Gasteiger charge is -2.71. The van der Waals surface area contributed by atoms with Gasteiger partial charge in [-0.2, -0.15) is 0 Å². The Morgan fingerprint density at radius 1 is 0.459 bits per heavy atom. The number of aldehydes is 1. The first kappa shape index (κ1) is 95.5. The normalized spacial score (nSPS) is 52.7. The number of allylic oxidation sites excluding steroid dienone is 2. The van der Waals surface area contributed by atoms with E-state index in [9.17, 15) is 121 Å². The number of rotatable bonds is 22. The molecule has 43 heteroatoms. The Morgan fingerprint density at radius 2 is 0.959 bits per heavy atom. The van der Waals surface area contributed by atoms with Crippen molar-refractivity contribution in [3.8, 4) is 0 Å². The average molecular weight is 1760 g/mol. The highest BCUT2D eigenvalue weighted by atomic mass is 16.8. The van der Waals surface area contributed by atoms with Gasteiger partial charge in [-0.05, 0) is 111 Å². The van der Waals surface area contributed by atoms with E-state index >= 15 is 4.79 Å². The Bertz CT molecular complexity index is 3670. The van der Waals surface area contributed by atoms with Gasteiger partial charge in [0.05, 0.1) is 56.3 Å². The van der Waals surface area contributed by atoms with Crippen molar-refractivity contribution in [2.24, 2.45) is 50.2 Å². The lowest BCUT2D eigenvalue weighted by atomic mass is 9.33. The van der Waals surface area contributed by atoms with Crippen LogP contribution in [0.25, 0.3) is 0 Å². The molecule has 8 saturated heterocycles. The van der Waals surface area contributed by atoms with Gasteiger partial charge < -0.3 is 192 Å². The smallest absolute Gasteiger partial charge is 0.335 e. The second-order valence-electron chi connectivity index (χ2n) is 37.1. The predicted octanol–water partition coefficient (Wildman–Crippen LogP) is -7.38. The maximum absolute atomic E-state index is 16.5. The first-order valence-electron chi connectivity index (χ1n) is 41.7. The number of fused-ring (bicyclic) bond motifs is 7. The molecular formula is C79H122O43. The van der Waals surface area contributed by atoms with Crippen molar-refractivity contribution in [1.82, 2.24) is 0 Å². The number of hydrogen-bond donors (Lipinski definition) is 20. The number of ether oxygens (including phenoxy) is 18. The number of carboxylic acids is 1. The van der Waals surface area contributed by atoms with Gasteiger partial charge >= 0.3 is 23.9 Å². The molecule has 12 fully saturated rings. The third kappa shape index (κ3) is 17.3. The summed E-state index contributed by atoms with van der Waals surface area (Å²) in [5.41, 5.74) is -5.36. The quantitative estimate of drug-likeness (QED) is 0.0157. The van der Waals surface area contributed by atoms with E-state index in [2.05, 4.69) is 26.8 Å². The molecule has 0 aromatic rings. The van der Waals surface area contributed by atoms with Crippen LogP contribution in [0.3, 0.4) is 0 Å². The fourth-order valence-electron chi connectivity index (χ4n) is 21.9. The minimum Gasteiger partial charge on any atom is -0.479 e. The zero-order valence-electron chi connectivity index (χ0n) is 69.1. The molecule has 696 valence electrons. The number of hydrogen-bond acceptors (Lipinski definition) is 42. The second kappa shape index (κ2) is 36.7. The van der Waals surface area contributed by atoms with E-state index in [1.165, 1.54) is 13.8 Å². The number of carbonyl (C=O) groups is 5. The lowest BCUT2D eigenvalue weighted by Crippen LogP contribution is -2.69. The molecule has 13 aliphatic rings. The van der Waals surface area contributed by atoms with Gasteiger partial charge in [-0.3, -0.25) is 14.4 Å². The van der Waals surface area contributed by atoms with Crippen molar-refractivity contribution in [2.45, 2.75) is 367 Å². The van der Waals surface area contributed by atoms with E-state index in [1.807, 2.05) is 13.8 Å². The van der Waals surface area contributed by atoms with Gasteiger partial charge in [0.25, 0.3) is 0 Å². The van der Waals surface area contributed by atoms with E-state index < -0.39 is 341 Å².